The molecule has 8 heteroatoms. The highest BCUT2D eigenvalue weighted by atomic mass is 16.5. The molecule has 1 unspecified atom stereocenters. The van der Waals surface area contributed by atoms with E-state index in [1.807, 2.05) is 0 Å². The second-order valence-corrected chi connectivity index (χ2v) is 5.61. The molecule has 1 saturated heterocycles. The van der Waals surface area contributed by atoms with Crippen LogP contribution in [0.25, 0.3) is 0 Å². The highest BCUT2D eigenvalue weighted by Gasteiger charge is 2.28. The maximum absolute atomic E-state index is 12.5. The summed E-state index contributed by atoms with van der Waals surface area (Å²) >= 11 is 0. The zero-order valence-corrected chi connectivity index (χ0v) is 12.9. The summed E-state index contributed by atoms with van der Waals surface area (Å²) in [5.41, 5.74) is -0.294. The number of hydrogen-bond acceptors (Lipinski definition) is 5. The molecule has 0 aromatic carbocycles. The van der Waals surface area contributed by atoms with E-state index >= 15 is 0 Å². The van der Waals surface area contributed by atoms with Crippen molar-refractivity contribution in [3.8, 4) is 5.75 Å². The average molecular weight is 317 g/mol. The van der Waals surface area contributed by atoms with Crippen molar-refractivity contribution < 1.29 is 9.53 Å². The van der Waals surface area contributed by atoms with Crippen LogP contribution in [0.5, 0.6) is 5.75 Å². The Morgan fingerprint density at radius 1 is 1.43 bits per heavy atom. The normalized spacial score (nSPS) is 17.0. The van der Waals surface area contributed by atoms with Crippen LogP contribution in [0.1, 0.15) is 31.5 Å². The number of nitrogens with zero attached hydrogens (tertiary/aromatic N) is 3. The molecule has 0 aliphatic carbocycles. The van der Waals surface area contributed by atoms with Gasteiger partial charge in [-0.25, -0.2) is 9.89 Å². The molecule has 3 heterocycles. The predicted octanol–water partition coefficient (Wildman–Crippen LogP) is 0.666. The van der Waals surface area contributed by atoms with Crippen molar-refractivity contribution in [1.82, 2.24) is 25.1 Å². The summed E-state index contributed by atoms with van der Waals surface area (Å²) in [5.74, 6) is 1.38. The van der Waals surface area contributed by atoms with E-state index in [1.165, 1.54) is 0 Å². The fraction of sp³-hybridized carbons (Fsp3) is 0.467. The molecule has 1 atom stereocenters. The number of ether oxygens (including phenoxy) is 1. The number of likely N-dealkylation sites (tertiary alicyclic amines) is 1. The van der Waals surface area contributed by atoms with Crippen LogP contribution in [0.15, 0.2) is 29.3 Å². The number of hydrogen-bond donors (Lipinski definition) is 2. The van der Waals surface area contributed by atoms with Gasteiger partial charge in [0.05, 0.1) is 6.20 Å². The van der Waals surface area contributed by atoms with Gasteiger partial charge in [-0.3, -0.25) is 14.8 Å². The highest BCUT2D eigenvalue weighted by molar-refractivity contribution is 5.81. The molecule has 1 aliphatic heterocycles. The third-order valence-electron chi connectivity index (χ3n) is 4.01. The topological polar surface area (TPSA) is 104 Å². The van der Waals surface area contributed by atoms with Crippen molar-refractivity contribution in [3.63, 3.8) is 0 Å². The quantitative estimate of drug-likeness (QED) is 0.862. The average Bonchev–Trinajstić information content (AvgIpc) is 3.02. The molecule has 2 aromatic heterocycles. The van der Waals surface area contributed by atoms with Crippen LogP contribution < -0.4 is 10.4 Å². The number of H-pyrrole nitrogens is 2. The van der Waals surface area contributed by atoms with Crippen LogP contribution in [0.3, 0.4) is 0 Å². The summed E-state index contributed by atoms with van der Waals surface area (Å²) in [5, 5.41) is 6.35. The van der Waals surface area contributed by atoms with Gasteiger partial charge in [-0.1, -0.05) is 0 Å². The molecule has 0 bridgehead atoms. The van der Waals surface area contributed by atoms with Gasteiger partial charge in [0.15, 0.2) is 6.10 Å². The van der Waals surface area contributed by atoms with Crippen LogP contribution in [0.2, 0.25) is 0 Å². The van der Waals surface area contributed by atoms with Crippen molar-refractivity contribution >= 4 is 5.91 Å². The van der Waals surface area contributed by atoms with Crippen LogP contribution >= 0.6 is 0 Å². The zero-order chi connectivity index (χ0) is 16.2. The van der Waals surface area contributed by atoms with Gasteiger partial charge in [-0.05, 0) is 31.9 Å². The third kappa shape index (κ3) is 3.58. The Labute approximate surface area is 132 Å². The maximum atomic E-state index is 12.5. The van der Waals surface area contributed by atoms with Crippen molar-refractivity contribution in [3.05, 3.63) is 40.8 Å². The lowest BCUT2D eigenvalue weighted by Gasteiger charge is -2.32. The first-order valence-electron chi connectivity index (χ1n) is 7.63. The summed E-state index contributed by atoms with van der Waals surface area (Å²) in [6.07, 6.45) is 4.23. The van der Waals surface area contributed by atoms with Crippen LogP contribution in [-0.4, -0.2) is 50.2 Å². The lowest BCUT2D eigenvalue weighted by Crippen LogP contribution is -2.44. The number of carbonyl (C=O) groups is 1. The molecule has 1 amide bonds. The molecule has 2 aromatic rings. The van der Waals surface area contributed by atoms with Crippen molar-refractivity contribution in [1.29, 1.82) is 0 Å². The number of piperidine rings is 1. The molecule has 0 spiro atoms. The Bertz CT molecular complexity index is 703. The Hall–Kier alpha value is -2.64. The van der Waals surface area contributed by atoms with E-state index < -0.39 is 6.10 Å². The summed E-state index contributed by atoms with van der Waals surface area (Å²) in [4.78, 5) is 32.0. The van der Waals surface area contributed by atoms with Gasteiger partial charge in [0.25, 0.3) is 5.91 Å². The molecule has 1 aliphatic rings. The van der Waals surface area contributed by atoms with Gasteiger partial charge in [-0.2, -0.15) is 5.10 Å². The van der Waals surface area contributed by atoms with Gasteiger partial charge in [0.2, 0.25) is 0 Å². The number of aromatic amines is 2. The molecule has 1 fully saturated rings. The summed E-state index contributed by atoms with van der Waals surface area (Å²) in [7, 11) is 0. The van der Waals surface area contributed by atoms with Gasteiger partial charge in [0, 0.05) is 25.2 Å². The maximum Gasteiger partial charge on any atom is 0.340 e. The predicted molar refractivity (Wildman–Crippen MR) is 82.1 cm³/mol. The molecule has 23 heavy (non-hydrogen) atoms. The molecule has 0 radical (unpaired) electrons. The molecule has 0 saturated carbocycles. The van der Waals surface area contributed by atoms with Gasteiger partial charge < -0.3 is 9.64 Å². The lowest BCUT2D eigenvalue weighted by molar-refractivity contribution is -0.139. The van der Waals surface area contributed by atoms with Crippen LogP contribution in [0.4, 0.5) is 0 Å². The summed E-state index contributed by atoms with van der Waals surface area (Å²) < 4.78 is 5.63. The molecule has 3 rings (SSSR count). The molecular formula is C15H19N5O3. The smallest absolute Gasteiger partial charge is 0.340 e. The van der Waals surface area contributed by atoms with Crippen LogP contribution in [0, 0.1) is 0 Å². The number of carbonyl (C=O) groups excluding carboxylic acids is 1. The van der Waals surface area contributed by atoms with E-state index in [9.17, 15) is 9.59 Å². The largest absolute Gasteiger partial charge is 0.479 e. The van der Waals surface area contributed by atoms with E-state index in [1.54, 1.807) is 36.4 Å². The minimum Gasteiger partial charge on any atom is -0.479 e. The fourth-order valence-electron chi connectivity index (χ4n) is 2.78. The Morgan fingerprint density at radius 3 is 2.83 bits per heavy atom. The number of aromatic nitrogens is 4. The fourth-order valence-corrected chi connectivity index (χ4v) is 2.78. The van der Waals surface area contributed by atoms with E-state index in [0.717, 1.165) is 12.8 Å². The SMILES string of the molecule is CC(Oc1cccnc1)C(=O)N1CCC(c2n[nH]c(=O)[nH]2)CC1. The van der Waals surface area contributed by atoms with E-state index in [-0.39, 0.29) is 17.5 Å². The van der Waals surface area contributed by atoms with Gasteiger partial charge in [-0.15, -0.1) is 0 Å². The van der Waals surface area contributed by atoms with E-state index in [4.69, 9.17) is 4.74 Å². The number of pyridine rings is 1. The molecular weight excluding hydrogens is 298 g/mol. The molecule has 2 N–H and O–H groups in total. The second kappa shape index (κ2) is 6.64. The minimum absolute atomic E-state index is 0.0391. The number of rotatable bonds is 4. The zero-order valence-electron chi connectivity index (χ0n) is 12.9. The number of nitrogens with one attached hydrogen (secondary N) is 2. The third-order valence-corrected chi connectivity index (χ3v) is 4.01. The Balaban J connectivity index is 1.54. The monoisotopic (exact) mass is 317 g/mol. The summed E-state index contributed by atoms with van der Waals surface area (Å²) in [6, 6.07) is 3.54. The first-order chi connectivity index (χ1) is 11.1. The summed E-state index contributed by atoms with van der Waals surface area (Å²) in [6.45, 7) is 2.99. The van der Waals surface area contributed by atoms with Crippen molar-refractivity contribution in [2.75, 3.05) is 13.1 Å². The molecule has 8 nitrogen and oxygen atoms in total. The van der Waals surface area contributed by atoms with Gasteiger partial charge in [0.1, 0.15) is 11.6 Å². The van der Waals surface area contributed by atoms with Crippen LogP contribution in [-0.2, 0) is 4.79 Å². The first kappa shape index (κ1) is 15.3. The second-order valence-electron chi connectivity index (χ2n) is 5.61. The standard InChI is InChI=1S/C15H19N5O3/c1-10(23-12-3-2-6-16-9-12)14(21)20-7-4-11(5-8-20)13-17-15(22)19-18-13/h2-3,6,9-11H,4-5,7-8H2,1H3,(H2,17,18,19,22). The number of amides is 1. The molecule has 122 valence electrons. The van der Waals surface area contributed by atoms with Gasteiger partial charge >= 0.3 is 5.69 Å². The van der Waals surface area contributed by atoms with Crippen molar-refractivity contribution in [2.24, 2.45) is 0 Å². The Kier molecular flexibility index (Phi) is 4.40. The first-order valence-corrected chi connectivity index (χ1v) is 7.63. The lowest BCUT2D eigenvalue weighted by atomic mass is 9.96. The van der Waals surface area contributed by atoms with E-state index in [2.05, 4.69) is 20.2 Å². The Morgan fingerprint density at radius 2 is 2.22 bits per heavy atom. The minimum atomic E-state index is -0.555. The van der Waals surface area contributed by atoms with Crippen molar-refractivity contribution in [2.45, 2.75) is 31.8 Å². The highest BCUT2D eigenvalue weighted by Crippen LogP contribution is 2.25. The van der Waals surface area contributed by atoms with E-state index in [0.29, 0.717) is 24.7 Å².